The van der Waals surface area contributed by atoms with Crippen molar-refractivity contribution in [1.29, 1.82) is 0 Å². The zero-order valence-corrected chi connectivity index (χ0v) is 8.05. The molecule has 0 aromatic rings. The van der Waals surface area contributed by atoms with Crippen LogP contribution in [0.3, 0.4) is 0 Å². The van der Waals surface area contributed by atoms with Crippen LogP contribution in [0.15, 0.2) is 0 Å². The quantitative estimate of drug-likeness (QED) is 0.660. The first-order valence-corrected chi connectivity index (χ1v) is 5.29. The summed E-state index contributed by atoms with van der Waals surface area (Å²) in [5.74, 6) is 2.05. The maximum Gasteiger partial charge on any atom is 0.0107 e. The predicted molar refractivity (Wildman–Crippen MR) is 51.2 cm³/mol. The Labute approximate surface area is 75.3 Å². The van der Waals surface area contributed by atoms with E-state index in [0.29, 0.717) is 0 Å². The van der Waals surface area contributed by atoms with Crippen LogP contribution in [0.1, 0.15) is 19.8 Å². The lowest BCUT2D eigenvalue weighted by Gasteiger charge is -2.18. The minimum absolute atomic E-state index is 1.02. The molecule has 0 radical (unpaired) electrons. The first-order valence-electron chi connectivity index (χ1n) is 5.29. The smallest absolute Gasteiger partial charge is 0.0107 e. The van der Waals surface area contributed by atoms with Crippen molar-refractivity contribution in [3.63, 3.8) is 0 Å². The summed E-state index contributed by atoms with van der Waals surface area (Å²) in [7, 11) is 0. The Morgan fingerprint density at radius 1 is 1.33 bits per heavy atom. The Kier molecular flexibility index (Phi) is 2.66. The molecule has 2 atom stereocenters. The maximum atomic E-state index is 3.44. The molecule has 1 aliphatic heterocycles. The van der Waals surface area contributed by atoms with E-state index in [1.165, 1.54) is 45.6 Å². The third kappa shape index (κ3) is 2.20. The van der Waals surface area contributed by atoms with Gasteiger partial charge < -0.3 is 10.2 Å². The van der Waals surface area contributed by atoms with Crippen LogP contribution in [0.4, 0.5) is 0 Å². The Bertz CT molecular complexity index is 139. The summed E-state index contributed by atoms with van der Waals surface area (Å²) in [6.07, 6.45) is 2.81. The predicted octanol–water partition coefficient (Wildman–Crippen LogP) is 0.938. The standard InChI is InChI=1S/C10H20N2/c1-9-7-10(9)8-12-5-2-3-11-4-6-12/h9-11H,2-8H2,1H3/t9-,10+/m1/s1. The fraction of sp³-hybridized carbons (Fsp3) is 1.00. The molecule has 1 N–H and O–H groups in total. The minimum atomic E-state index is 1.02. The largest absolute Gasteiger partial charge is 0.315 e. The number of nitrogens with one attached hydrogen (secondary N) is 1. The monoisotopic (exact) mass is 168 g/mol. The SMILES string of the molecule is C[C@@H]1C[C@H]1CN1CCCNCC1. The highest BCUT2D eigenvalue weighted by atomic mass is 15.2. The molecule has 70 valence electrons. The van der Waals surface area contributed by atoms with E-state index in [4.69, 9.17) is 0 Å². The fourth-order valence-corrected chi connectivity index (χ4v) is 2.07. The van der Waals surface area contributed by atoms with Crippen molar-refractivity contribution in [2.45, 2.75) is 19.8 Å². The second-order valence-corrected chi connectivity index (χ2v) is 4.38. The highest BCUT2D eigenvalue weighted by Crippen LogP contribution is 2.38. The molecule has 0 aromatic heterocycles. The van der Waals surface area contributed by atoms with E-state index in [1.807, 2.05) is 0 Å². The summed E-state index contributed by atoms with van der Waals surface area (Å²) in [6.45, 7) is 8.74. The van der Waals surface area contributed by atoms with Gasteiger partial charge in [-0.25, -0.2) is 0 Å². The van der Waals surface area contributed by atoms with Gasteiger partial charge in [0.15, 0.2) is 0 Å². The van der Waals surface area contributed by atoms with Gasteiger partial charge in [0.25, 0.3) is 0 Å². The number of nitrogens with zero attached hydrogens (tertiary/aromatic N) is 1. The molecule has 1 aliphatic carbocycles. The minimum Gasteiger partial charge on any atom is -0.315 e. The van der Waals surface area contributed by atoms with Crippen LogP contribution in [0, 0.1) is 11.8 Å². The Hall–Kier alpha value is -0.0800. The molecule has 2 aliphatic rings. The van der Waals surface area contributed by atoms with E-state index >= 15 is 0 Å². The summed E-state index contributed by atoms with van der Waals surface area (Å²) < 4.78 is 0. The van der Waals surface area contributed by atoms with E-state index in [9.17, 15) is 0 Å². The molecular weight excluding hydrogens is 148 g/mol. The van der Waals surface area contributed by atoms with Crippen molar-refractivity contribution in [3.8, 4) is 0 Å². The van der Waals surface area contributed by atoms with E-state index < -0.39 is 0 Å². The van der Waals surface area contributed by atoms with Gasteiger partial charge in [0.05, 0.1) is 0 Å². The van der Waals surface area contributed by atoms with Crippen molar-refractivity contribution >= 4 is 0 Å². The van der Waals surface area contributed by atoms with Crippen molar-refractivity contribution in [3.05, 3.63) is 0 Å². The number of hydrogen-bond donors (Lipinski definition) is 1. The topological polar surface area (TPSA) is 15.3 Å². The van der Waals surface area contributed by atoms with Crippen LogP contribution in [0.25, 0.3) is 0 Å². The van der Waals surface area contributed by atoms with Crippen LogP contribution in [-0.4, -0.2) is 37.6 Å². The molecule has 0 aromatic carbocycles. The van der Waals surface area contributed by atoms with Crippen LogP contribution >= 0.6 is 0 Å². The van der Waals surface area contributed by atoms with E-state index in [1.54, 1.807) is 0 Å². The zero-order valence-electron chi connectivity index (χ0n) is 8.05. The first kappa shape index (κ1) is 8.52. The van der Waals surface area contributed by atoms with Crippen molar-refractivity contribution in [2.24, 2.45) is 11.8 Å². The summed E-state index contributed by atoms with van der Waals surface area (Å²) in [4.78, 5) is 2.63. The van der Waals surface area contributed by atoms with Crippen molar-refractivity contribution in [1.82, 2.24) is 10.2 Å². The van der Waals surface area contributed by atoms with Crippen molar-refractivity contribution < 1.29 is 0 Å². The third-order valence-electron chi connectivity index (χ3n) is 3.20. The highest BCUT2D eigenvalue weighted by Gasteiger charge is 2.33. The van der Waals surface area contributed by atoms with Gasteiger partial charge in [-0.3, -0.25) is 0 Å². The number of hydrogen-bond acceptors (Lipinski definition) is 2. The number of rotatable bonds is 2. The molecule has 2 rings (SSSR count). The Morgan fingerprint density at radius 2 is 2.17 bits per heavy atom. The normalized spacial score (nSPS) is 37.8. The first-order chi connectivity index (χ1) is 5.86. The maximum absolute atomic E-state index is 3.44. The van der Waals surface area contributed by atoms with Crippen LogP contribution in [0.5, 0.6) is 0 Å². The van der Waals surface area contributed by atoms with Crippen LogP contribution in [0.2, 0.25) is 0 Å². The lowest BCUT2D eigenvalue weighted by molar-refractivity contribution is 0.276. The third-order valence-corrected chi connectivity index (χ3v) is 3.20. The Morgan fingerprint density at radius 3 is 2.92 bits per heavy atom. The molecule has 1 saturated heterocycles. The Balaban J connectivity index is 1.71. The van der Waals surface area contributed by atoms with E-state index in [0.717, 1.165) is 11.8 Å². The summed E-state index contributed by atoms with van der Waals surface area (Å²) >= 11 is 0. The van der Waals surface area contributed by atoms with Gasteiger partial charge >= 0.3 is 0 Å². The van der Waals surface area contributed by atoms with E-state index in [2.05, 4.69) is 17.1 Å². The van der Waals surface area contributed by atoms with Gasteiger partial charge in [-0.2, -0.15) is 0 Å². The summed E-state index contributed by atoms with van der Waals surface area (Å²) in [5.41, 5.74) is 0. The average molecular weight is 168 g/mol. The summed E-state index contributed by atoms with van der Waals surface area (Å²) in [6, 6.07) is 0. The van der Waals surface area contributed by atoms with Gasteiger partial charge in [-0.1, -0.05) is 6.92 Å². The zero-order chi connectivity index (χ0) is 8.39. The fourth-order valence-electron chi connectivity index (χ4n) is 2.07. The molecule has 0 bridgehead atoms. The molecule has 1 saturated carbocycles. The van der Waals surface area contributed by atoms with E-state index in [-0.39, 0.29) is 0 Å². The molecule has 0 amide bonds. The molecule has 1 heterocycles. The molecule has 2 nitrogen and oxygen atoms in total. The summed E-state index contributed by atoms with van der Waals surface area (Å²) in [5, 5.41) is 3.44. The second kappa shape index (κ2) is 3.75. The second-order valence-electron chi connectivity index (χ2n) is 4.38. The highest BCUT2D eigenvalue weighted by molar-refractivity contribution is 4.85. The van der Waals surface area contributed by atoms with Gasteiger partial charge in [-0.05, 0) is 37.8 Å². The molecule has 0 spiro atoms. The van der Waals surface area contributed by atoms with Crippen LogP contribution in [-0.2, 0) is 0 Å². The molecule has 12 heavy (non-hydrogen) atoms. The van der Waals surface area contributed by atoms with Gasteiger partial charge in [-0.15, -0.1) is 0 Å². The molecule has 2 heteroatoms. The van der Waals surface area contributed by atoms with Gasteiger partial charge in [0.2, 0.25) is 0 Å². The lowest BCUT2D eigenvalue weighted by Crippen LogP contribution is -2.30. The van der Waals surface area contributed by atoms with Crippen LogP contribution < -0.4 is 5.32 Å². The molecule has 0 unspecified atom stereocenters. The van der Waals surface area contributed by atoms with Gasteiger partial charge in [0.1, 0.15) is 0 Å². The average Bonchev–Trinajstić information content (AvgIpc) is 2.78. The molecule has 2 fully saturated rings. The lowest BCUT2D eigenvalue weighted by atomic mass is 10.3. The molecular formula is C10H20N2. The van der Waals surface area contributed by atoms with Crippen molar-refractivity contribution in [2.75, 3.05) is 32.7 Å². The van der Waals surface area contributed by atoms with Gasteiger partial charge in [0, 0.05) is 19.6 Å².